The van der Waals surface area contributed by atoms with Crippen LogP contribution in [-0.2, 0) is 4.74 Å². The molecule has 134 valence electrons. The summed E-state index contributed by atoms with van der Waals surface area (Å²) in [5.41, 5.74) is 2.73. The van der Waals surface area contributed by atoms with Crippen molar-refractivity contribution in [3.8, 4) is 11.4 Å². The van der Waals surface area contributed by atoms with Gasteiger partial charge in [-0.15, -0.1) is 0 Å². The average Bonchev–Trinajstić information content (AvgIpc) is 3.37. The highest BCUT2D eigenvalue weighted by atomic mass is 35.5. The molecule has 0 spiro atoms. The van der Waals surface area contributed by atoms with Crippen molar-refractivity contribution in [2.24, 2.45) is 0 Å². The van der Waals surface area contributed by atoms with E-state index in [4.69, 9.17) is 16.3 Å². The van der Waals surface area contributed by atoms with Crippen LogP contribution in [-0.4, -0.2) is 32.2 Å². The van der Waals surface area contributed by atoms with Gasteiger partial charge in [0.1, 0.15) is 5.52 Å². The van der Waals surface area contributed by atoms with E-state index >= 15 is 0 Å². The third-order valence-corrected chi connectivity index (χ3v) is 4.81. The van der Waals surface area contributed by atoms with Gasteiger partial charge in [0, 0.05) is 5.56 Å². The highest BCUT2D eigenvalue weighted by Crippen LogP contribution is 2.43. The molecule has 8 heteroatoms. The van der Waals surface area contributed by atoms with Crippen molar-refractivity contribution in [2.75, 3.05) is 6.61 Å². The van der Waals surface area contributed by atoms with E-state index < -0.39 is 5.97 Å². The number of esters is 1. The Hall–Kier alpha value is -2.67. The number of nitrogens with one attached hydrogen (secondary N) is 1. The Labute approximate surface area is 154 Å². The second kappa shape index (κ2) is 6.25. The van der Waals surface area contributed by atoms with Crippen LogP contribution >= 0.6 is 11.6 Å². The average molecular weight is 373 g/mol. The van der Waals surface area contributed by atoms with Gasteiger partial charge < -0.3 is 9.72 Å². The van der Waals surface area contributed by atoms with Gasteiger partial charge in [0.05, 0.1) is 34.9 Å². The second-order valence-electron chi connectivity index (χ2n) is 6.31. The van der Waals surface area contributed by atoms with Crippen LogP contribution < -0.4 is 5.56 Å². The number of hydrogen-bond acceptors (Lipinski definition) is 5. The molecule has 0 saturated heterocycles. The molecule has 0 aromatic carbocycles. The topological polar surface area (TPSA) is 89.3 Å². The van der Waals surface area contributed by atoms with Crippen molar-refractivity contribution >= 4 is 23.1 Å². The largest absolute Gasteiger partial charge is 0.461 e. The Balaban J connectivity index is 1.91. The lowest BCUT2D eigenvalue weighted by atomic mass is 10.1. The SMILES string of the molecule is CCOC(=O)c1nn2cc(-c3ccc(Cl)c(C)n3)[nH]c(=O)c2c1C1CC1. The lowest BCUT2D eigenvalue weighted by Crippen LogP contribution is -2.12. The Morgan fingerprint density at radius 2 is 2.19 bits per heavy atom. The van der Waals surface area contributed by atoms with Gasteiger partial charge in [-0.1, -0.05) is 11.6 Å². The van der Waals surface area contributed by atoms with Crippen molar-refractivity contribution in [3.63, 3.8) is 0 Å². The number of fused-ring (bicyclic) bond motifs is 1. The lowest BCUT2D eigenvalue weighted by molar-refractivity contribution is 0.0517. The second-order valence-corrected chi connectivity index (χ2v) is 6.72. The predicted octanol–water partition coefficient (Wildman–Crippen LogP) is 3.10. The first kappa shape index (κ1) is 16.8. The molecule has 1 N–H and O–H groups in total. The molecule has 7 nitrogen and oxygen atoms in total. The van der Waals surface area contributed by atoms with E-state index in [2.05, 4.69) is 15.1 Å². The molecule has 0 atom stereocenters. The van der Waals surface area contributed by atoms with Crippen LogP contribution in [0, 0.1) is 6.92 Å². The van der Waals surface area contributed by atoms with E-state index in [1.807, 2.05) is 0 Å². The van der Waals surface area contributed by atoms with Gasteiger partial charge in [-0.3, -0.25) is 4.79 Å². The van der Waals surface area contributed by atoms with Crippen LogP contribution in [0.1, 0.15) is 47.4 Å². The number of pyridine rings is 1. The minimum Gasteiger partial charge on any atom is -0.461 e. The van der Waals surface area contributed by atoms with Gasteiger partial charge in [-0.25, -0.2) is 14.3 Å². The third-order valence-electron chi connectivity index (χ3n) is 4.41. The number of hydrogen-bond donors (Lipinski definition) is 1. The summed E-state index contributed by atoms with van der Waals surface area (Å²) in [4.78, 5) is 32.3. The number of nitrogens with zero attached hydrogens (tertiary/aromatic N) is 3. The number of halogens is 1. The zero-order valence-corrected chi connectivity index (χ0v) is 15.1. The minimum atomic E-state index is -0.500. The molecular formula is C18H17ClN4O3. The first-order valence-corrected chi connectivity index (χ1v) is 8.83. The van der Waals surface area contributed by atoms with E-state index in [0.29, 0.717) is 33.2 Å². The molecule has 0 aliphatic heterocycles. The number of ether oxygens (including phenoxy) is 1. The fourth-order valence-corrected chi connectivity index (χ4v) is 3.14. The number of H-pyrrole nitrogens is 1. The van der Waals surface area contributed by atoms with E-state index in [1.165, 1.54) is 4.52 Å². The summed E-state index contributed by atoms with van der Waals surface area (Å²) >= 11 is 6.02. The summed E-state index contributed by atoms with van der Waals surface area (Å²) in [6.07, 6.45) is 3.54. The summed E-state index contributed by atoms with van der Waals surface area (Å²) in [5.74, 6) is -0.325. The van der Waals surface area contributed by atoms with Crippen molar-refractivity contribution in [1.29, 1.82) is 0 Å². The summed E-state index contributed by atoms with van der Waals surface area (Å²) < 4.78 is 6.56. The number of carbonyl (C=O) groups excluding carboxylic acids is 1. The first-order chi connectivity index (χ1) is 12.5. The van der Waals surface area contributed by atoms with E-state index in [9.17, 15) is 9.59 Å². The smallest absolute Gasteiger partial charge is 0.359 e. The molecule has 3 aromatic heterocycles. The Morgan fingerprint density at radius 3 is 2.85 bits per heavy atom. The Kier molecular flexibility index (Phi) is 4.03. The zero-order valence-electron chi connectivity index (χ0n) is 14.4. The molecule has 1 aliphatic rings. The number of aromatic amines is 1. The summed E-state index contributed by atoms with van der Waals surface area (Å²) in [6, 6.07) is 3.45. The standard InChI is InChI=1S/C18H17ClN4O3/c1-3-26-18(25)15-14(10-4-5-10)16-17(24)21-13(8-23(16)22-15)12-7-6-11(19)9(2)20-12/h6-8,10H,3-5H2,1-2H3,(H,21,24). The van der Waals surface area contributed by atoms with Crippen LogP contribution in [0.25, 0.3) is 16.9 Å². The molecule has 1 aliphatic carbocycles. The normalized spacial score (nSPS) is 14.0. The molecule has 3 aromatic rings. The van der Waals surface area contributed by atoms with Crippen LogP contribution in [0.5, 0.6) is 0 Å². The van der Waals surface area contributed by atoms with Gasteiger partial charge in [-0.05, 0) is 44.7 Å². The number of carbonyl (C=O) groups is 1. The van der Waals surface area contributed by atoms with Gasteiger partial charge in [0.25, 0.3) is 5.56 Å². The molecule has 0 bridgehead atoms. The molecule has 0 unspecified atom stereocenters. The molecule has 1 saturated carbocycles. The fraction of sp³-hybridized carbons (Fsp3) is 0.333. The number of rotatable bonds is 4. The van der Waals surface area contributed by atoms with Gasteiger partial charge in [-0.2, -0.15) is 5.10 Å². The molecular weight excluding hydrogens is 356 g/mol. The Bertz CT molecular complexity index is 1080. The van der Waals surface area contributed by atoms with Crippen molar-refractivity contribution in [2.45, 2.75) is 32.6 Å². The predicted molar refractivity (Wildman–Crippen MR) is 96.7 cm³/mol. The maximum Gasteiger partial charge on any atom is 0.359 e. The maximum atomic E-state index is 12.7. The number of aryl methyl sites for hydroxylation is 1. The van der Waals surface area contributed by atoms with E-state index in [1.54, 1.807) is 32.2 Å². The molecule has 3 heterocycles. The molecule has 1 fully saturated rings. The van der Waals surface area contributed by atoms with Gasteiger partial charge in [0.2, 0.25) is 0 Å². The number of aromatic nitrogens is 4. The monoisotopic (exact) mass is 372 g/mol. The van der Waals surface area contributed by atoms with Crippen LogP contribution in [0.2, 0.25) is 5.02 Å². The first-order valence-electron chi connectivity index (χ1n) is 8.45. The zero-order chi connectivity index (χ0) is 18.4. The van der Waals surface area contributed by atoms with Gasteiger partial charge in [0.15, 0.2) is 5.69 Å². The maximum absolute atomic E-state index is 12.7. The summed E-state index contributed by atoms with van der Waals surface area (Å²) in [6.45, 7) is 3.79. The molecule has 4 rings (SSSR count). The van der Waals surface area contributed by atoms with E-state index in [-0.39, 0.29) is 23.8 Å². The van der Waals surface area contributed by atoms with Crippen molar-refractivity contribution in [1.82, 2.24) is 19.6 Å². The summed E-state index contributed by atoms with van der Waals surface area (Å²) in [7, 11) is 0. The third kappa shape index (κ3) is 2.78. The highest BCUT2D eigenvalue weighted by Gasteiger charge is 2.34. The van der Waals surface area contributed by atoms with Crippen LogP contribution in [0.4, 0.5) is 0 Å². The molecule has 0 radical (unpaired) electrons. The quantitative estimate of drug-likeness (QED) is 0.711. The highest BCUT2D eigenvalue weighted by molar-refractivity contribution is 6.31. The van der Waals surface area contributed by atoms with Crippen LogP contribution in [0.15, 0.2) is 23.1 Å². The van der Waals surface area contributed by atoms with E-state index in [0.717, 1.165) is 12.8 Å². The fourth-order valence-electron chi connectivity index (χ4n) is 3.04. The minimum absolute atomic E-state index is 0.176. The Morgan fingerprint density at radius 1 is 1.42 bits per heavy atom. The molecule has 26 heavy (non-hydrogen) atoms. The van der Waals surface area contributed by atoms with Gasteiger partial charge >= 0.3 is 5.97 Å². The van der Waals surface area contributed by atoms with Crippen molar-refractivity contribution < 1.29 is 9.53 Å². The van der Waals surface area contributed by atoms with Crippen molar-refractivity contribution in [3.05, 3.63) is 50.7 Å². The lowest BCUT2D eigenvalue weighted by Gasteiger charge is -2.04. The summed E-state index contributed by atoms with van der Waals surface area (Å²) in [5, 5.41) is 4.90. The molecule has 0 amide bonds. The van der Waals surface area contributed by atoms with Crippen LogP contribution in [0.3, 0.4) is 0 Å².